The largest absolute Gasteiger partial charge is 0.508 e. The van der Waals surface area contributed by atoms with Crippen LogP contribution in [-0.2, 0) is 0 Å². The van der Waals surface area contributed by atoms with Crippen molar-refractivity contribution in [3.63, 3.8) is 0 Å². The minimum absolute atomic E-state index is 0.0404. The molecule has 0 heterocycles. The molecule has 4 nitrogen and oxygen atoms in total. The molecule has 0 aliphatic heterocycles. The molecule has 21 heavy (non-hydrogen) atoms. The van der Waals surface area contributed by atoms with Crippen LogP contribution in [0.3, 0.4) is 0 Å². The van der Waals surface area contributed by atoms with Crippen molar-refractivity contribution in [2.45, 2.75) is 13.0 Å². The molecule has 1 atom stereocenters. The number of carbonyl (C=O) groups is 1. The van der Waals surface area contributed by atoms with Crippen LogP contribution in [-0.4, -0.2) is 11.0 Å². The third-order valence-electron chi connectivity index (χ3n) is 3.06. The van der Waals surface area contributed by atoms with E-state index in [2.05, 4.69) is 5.32 Å². The molecule has 2 aromatic carbocycles. The summed E-state index contributed by atoms with van der Waals surface area (Å²) in [6.07, 6.45) is 0. The molecule has 0 aromatic heterocycles. The van der Waals surface area contributed by atoms with Crippen molar-refractivity contribution in [2.24, 2.45) is 0 Å². The SMILES string of the molecule is CC(NC(=O)c1cc(O)ccc1N)c1c(F)cccc1F. The van der Waals surface area contributed by atoms with Gasteiger partial charge in [0.05, 0.1) is 11.6 Å². The molecule has 110 valence electrons. The highest BCUT2D eigenvalue weighted by atomic mass is 19.1. The quantitative estimate of drug-likeness (QED) is 0.601. The summed E-state index contributed by atoms with van der Waals surface area (Å²) in [4.78, 5) is 12.1. The first-order chi connectivity index (χ1) is 9.90. The van der Waals surface area contributed by atoms with Gasteiger partial charge in [0, 0.05) is 11.3 Å². The molecule has 0 saturated carbocycles. The average Bonchev–Trinajstić information content (AvgIpc) is 2.41. The Hall–Kier alpha value is -2.63. The number of carbonyl (C=O) groups excluding carboxylic acids is 1. The number of hydrogen-bond acceptors (Lipinski definition) is 3. The molecule has 6 heteroatoms. The van der Waals surface area contributed by atoms with Crippen molar-refractivity contribution in [3.05, 3.63) is 59.2 Å². The van der Waals surface area contributed by atoms with Gasteiger partial charge in [-0.1, -0.05) is 6.07 Å². The van der Waals surface area contributed by atoms with Crippen LogP contribution >= 0.6 is 0 Å². The Bertz CT molecular complexity index is 669. The summed E-state index contributed by atoms with van der Waals surface area (Å²) in [6.45, 7) is 1.46. The van der Waals surface area contributed by atoms with Gasteiger partial charge in [0.15, 0.2) is 0 Å². The van der Waals surface area contributed by atoms with E-state index in [1.165, 1.54) is 31.2 Å². The molecule has 0 aliphatic carbocycles. The second-order valence-electron chi connectivity index (χ2n) is 4.60. The molecule has 0 aliphatic rings. The molecule has 0 spiro atoms. The van der Waals surface area contributed by atoms with Crippen LogP contribution in [0.2, 0.25) is 0 Å². The minimum Gasteiger partial charge on any atom is -0.508 e. The van der Waals surface area contributed by atoms with Gasteiger partial charge in [-0.15, -0.1) is 0 Å². The number of anilines is 1. The number of aromatic hydroxyl groups is 1. The molecule has 4 N–H and O–H groups in total. The van der Waals surface area contributed by atoms with Crippen LogP contribution in [0, 0.1) is 11.6 Å². The van der Waals surface area contributed by atoms with E-state index >= 15 is 0 Å². The maximum absolute atomic E-state index is 13.6. The lowest BCUT2D eigenvalue weighted by Gasteiger charge is -2.16. The van der Waals surface area contributed by atoms with Crippen molar-refractivity contribution in [1.82, 2.24) is 5.32 Å². The van der Waals surface area contributed by atoms with Crippen LogP contribution in [0.5, 0.6) is 5.75 Å². The molecule has 2 rings (SSSR count). The maximum atomic E-state index is 13.6. The van der Waals surface area contributed by atoms with Crippen LogP contribution in [0.1, 0.15) is 28.9 Å². The van der Waals surface area contributed by atoms with Crippen molar-refractivity contribution in [1.29, 1.82) is 0 Å². The van der Waals surface area contributed by atoms with Crippen molar-refractivity contribution < 1.29 is 18.7 Å². The Morgan fingerprint density at radius 1 is 1.24 bits per heavy atom. The highest BCUT2D eigenvalue weighted by Gasteiger charge is 2.19. The van der Waals surface area contributed by atoms with Crippen LogP contribution in [0.15, 0.2) is 36.4 Å². The van der Waals surface area contributed by atoms with Gasteiger partial charge in [-0.3, -0.25) is 4.79 Å². The smallest absolute Gasteiger partial charge is 0.253 e. The number of rotatable bonds is 3. The van der Waals surface area contributed by atoms with Gasteiger partial charge >= 0.3 is 0 Å². The second kappa shape index (κ2) is 5.78. The van der Waals surface area contributed by atoms with E-state index in [0.717, 1.165) is 12.1 Å². The Kier molecular flexibility index (Phi) is 4.07. The zero-order chi connectivity index (χ0) is 15.6. The standard InChI is InChI=1S/C15H14F2N2O2/c1-8(14-11(16)3-2-4-12(14)17)19-15(21)10-7-9(20)5-6-13(10)18/h2-8,20H,18H2,1H3,(H,19,21). The molecular weight excluding hydrogens is 278 g/mol. The van der Waals surface area contributed by atoms with E-state index in [1.54, 1.807) is 0 Å². The third-order valence-corrected chi connectivity index (χ3v) is 3.06. The highest BCUT2D eigenvalue weighted by molar-refractivity contribution is 5.99. The summed E-state index contributed by atoms with van der Waals surface area (Å²) in [7, 11) is 0. The fourth-order valence-electron chi connectivity index (χ4n) is 2.01. The number of nitrogens with two attached hydrogens (primary N) is 1. The Morgan fingerprint density at radius 3 is 2.48 bits per heavy atom. The van der Waals surface area contributed by atoms with Gasteiger partial charge in [-0.05, 0) is 37.3 Å². The van der Waals surface area contributed by atoms with Crippen molar-refractivity contribution >= 4 is 11.6 Å². The fourth-order valence-corrected chi connectivity index (χ4v) is 2.01. The van der Waals surface area contributed by atoms with Gasteiger partial charge in [0.2, 0.25) is 0 Å². The monoisotopic (exact) mass is 292 g/mol. The molecule has 0 radical (unpaired) electrons. The van der Waals surface area contributed by atoms with E-state index in [-0.39, 0.29) is 22.6 Å². The number of halogens is 2. The first kappa shape index (κ1) is 14.8. The maximum Gasteiger partial charge on any atom is 0.253 e. The highest BCUT2D eigenvalue weighted by Crippen LogP contribution is 2.23. The van der Waals surface area contributed by atoms with Crippen LogP contribution < -0.4 is 11.1 Å². The average molecular weight is 292 g/mol. The lowest BCUT2D eigenvalue weighted by atomic mass is 10.1. The van der Waals surface area contributed by atoms with Crippen molar-refractivity contribution in [3.8, 4) is 5.75 Å². The first-order valence-corrected chi connectivity index (χ1v) is 6.23. The summed E-state index contributed by atoms with van der Waals surface area (Å²) in [5.41, 5.74) is 5.61. The molecule has 0 saturated heterocycles. The van der Waals surface area contributed by atoms with E-state index in [1.807, 2.05) is 0 Å². The molecule has 0 bridgehead atoms. The fraction of sp³-hybridized carbons (Fsp3) is 0.133. The Labute approximate surface area is 120 Å². The summed E-state index contributed by atoms with van der Waals surface area (Å²) in [5.74, 6) is -2.24. The predicted octanol–water partition coefficient (Wildman–Crippen LogP) is 2.74. The molecule has 0 fully saturated rings. The Balaban J connectivity index is 2.25. The van der Waals surface area contributed by atoms with Gasteiger partial charge in [-0.2, -0.15) is 0 Å². The Morgan fingerprint density at radius 2 is 1.86 bits per heavy atom. The zero-order valence-electron chi connectivity index (χ0n) is 11.2. The lowest BCUT2D eigenvalue weighted by molar-refractivity contribution is 0.0939. The number of phenolic OH excluding ortho intramolecular Hbond substituents is 1. The third kappa shape index (κ3) is 3.10. The van der Waals surface area contributed by atoms with E-state index in [0.29, 0.717) is 0 Å². The van der Waals surface area contributed by atoms with E-state index in [9.17, 15) is 18.7 Å². The van der Waals surface area contributed by atoms with Gasteiger partial charge in [-0.25, -0.2) is 8.78 Å². The summed E-state index contributed by atoms with van der Waals surface area (Å²) >= 11 is 0. The number of amides is 1. The summed E-state index contributed by atoms with van der Waals surface area (Å²) in [6, 6.07) is 6.49. The van der Waals surface area contributed by atoms with E-state index < -0.39 is 23.6 Å². The number of phenols is 1. The molecule has 2 aromatic rings. The normalized spacial score (nSPS) is 12.0. The predicted molar refractivity (Wildman–Crippen MR) is 74.8 cm³/mol. The number of nitrogen functional groups attached to an aromatic ring is 1. The molecular formula is C15H14F2N2O2. The molecule has 1 unspecified atom stereocenters. The van der Waals surface area contributed by atoms with Gasteiger partial charge in [0.25, 0.3) is 5.91 Å². The van der Waals surface area contributed by atoms with Gasteiger partial charge in [0.1, 0.15) is 17.4 Å². The number of benzene rings is 2. The number of nitrogens with one attached hydrogen (secondary N) is 1. The van der Waals surface area contributed by atoms with Crippen LogP contribution in [0.4, 0.5) is 14.5 Å². The topological polar surface area (TPSA) is 75.3 Å². The van der Waals surface area contributed by atoms with Crippen molar-refractivity contribution in [2.75, 3.05) is 5.73 Å². The van der Waals surface area contributed by atoms with E-state index in [4.69, 9.17) is 5.73 Å². The number of hydrogen-bond donors (Lipinski definition) is 3. The minimum atomic E-state index is -0.888. The van der Waals surface area contributed by atoms with Gasteiger partial charge < -0.3 is 16.2 Å². The zero-order valence-corrected chi connectivity index (χ0v) is 11.2. The summed E-state index contributed by atoms with van der Waals surface area (Å²) in [5, 5.41) is 11.8. The summed E-state index contributed by atoms with van der Waals surface area (Å²) < 4.78 is 27.3. The second-order valence-corrected chi connectivity index (χ2v) is 4.60. The van der Waals surface area contributed by atoms with Crippen LogP contribution in [0.25, 0.3) is 0 Å². The lowest BCUT2D eigenvalue weighted by Crippen LogP contribution is -2.28. The molecule has 1 amide bonds. The first-order valence-electron chi connectivity index (χ1n) is 6.23.